The molecule has 1 N–H and O–H groups in total. The maximum absolute atomic E-state index is 5.96. The van der Waals surface area contributed by atoms with Gasteiger partial charge in [0.15, 0.2) is 0 Å². The van der Waals surface area contributed by atoms with Crippen LogP contribution in [0.5, 0.6) is 0 Å². The summed E-state index contributed by atoms with van der Waals surface area (Å²) in [5.74, 6) is 0.718. The fourth-order valence-corrected chi connectivity index (χ4v) is 1.75. The number of aromatic nitrogens is 3. The standard InChI is InChI=1S/C10H10Cl2N4/c1-16-7(4-8(11)10(16)12)5-15-9-6-13-2-3-14-9/h2-4,6H,5H2,1H3,(H,14,15). The van der Waals surface area contributed by atoms with Crippen molar-refractivity contribution in [2.24, 2.45) is 7.05 Å². The predicted molar refractivity (Wildman–Crippen MR) is 64.8 cm³/mol. The van der Waals surface area contributed by atoms with Crippen molar-refractivity contribution in [2.45, 2.75) is 6.54 Å². The van der Waals surface area contributed by atoms with Crippen LogP contribution in [0.1, 0.15) is 5.69 Å². The molecule has 4 nitrogen and oxygen atoms in total. The summed E-state index contributed by atoms with van der Waals surface area (Å²) in [5.41, 5.74) is 0.987. The molecule has 0 bridgehead atoms. The largest absolute Gasteiger partial charge is 0.363 e. The summed E-state index contributed by atoms with van der Waals surface area (Å²) in [6, 6.07) is 1.83. The molecule has 0 fully saturated rings. The van der Waals surface area contributed by atoms with Gasteiger partial charge in [0, 0.05) is 25.1 Å². The van der Waals surface area contributed by atoms with E-state index >= 15 is 0 Å². The van der Waals surface area contributed by atoms with Gasteiger partial charge in [-0.05, 0) is 6.07 Å². The normalized spacial score (nSPS) is 10.4. The smallest absolute Gasteiger partial charge is 0.144 e. The maximum atomic E-state index is 5.96. The van der Waals surface area contributed by atoms with Crippen LogP contribution in [0.25, 0.3) is 0 Å². The third kappa shape index (κ3) is 2.28. The summed E-state index contributed by atoms with van der Waals surface area (Å²) in [4.78, 5) is 8.06. The Morgan fingerprint density at radius 3 is 2.75 bits per heavy atom. The van der Waals surface area contributed by atoms with Gasteiger partial charge in [0.1, 0.15) is 11.0 Å². The minimum atomic E-state index is 0.539. The van der Waals surface area contributed by atoms with E-state index in [2.05, 4.69) is 15.3 Å². The lowest BCUT2D eigenvalue weighted by molar-refractivity contribution is 0.840. The van der Waals surface area contributed by atoms with Crippen LogP contribution in [0.3, 0.4) is 0 Å². The molecule has 0 aliphatic carbocycles. The average molecular weight is 257 g/mol. The van der Waals surface area contributed by atoms with Gasteiger partial charge in [-0.15, -0.1) is 0 Å². The van der Waals surface area contributed by atoms with Crippen LogP contribution in [0.15, 0.2) is 24.7 Å². The summed E-state index contributed by atoms with van der Waals surface area (Å²) in [7, 11) is 1.86. The Morgan fingerprint density at radius 1 is 1.38 bits per heavy atom. The molecular weight excluding hydrogens is 247 g/mol. The molecule has 0 saturated heterocycles. The molecular formula is C10H10Cl2N4. The van der Waals surface area contributed by atoms with Crippen molar-refractivity contribution >= 4 is 29.0 Å². The molecule has 0 radical (unpaired) electrons. The highest BCUT2D eigenvalue weighted by atomic mass is 35.5. The molecule has 2 aromatic rings. The molecule has 84 valence electrons. The SMILES string of the molecule is Cn1c(CNc2cnccn2)cc(Cl)c1Cl. The van der Waals surface area contributed by atoms with Crippen molar-refractivity contribution in [1.82, 2.24) is 14.5 Å². The van der Waals surface area contributed by atoms with E-state index in [1.54, 1.807) is 18.6 Å². The zero-order chi connectivity index (χ0) is 11.5. The summed E-state index contributed by atoms with van der Waals surface area (Å²) in [6.07, 6.45) is 4.92. The first kappa shape index (κ1) is 11.2. The Kier molecular flexibility index (Phi) is 3.31. The van der Waals surface area contributed by atoms with E-state index in [1.165, 1.54) is 0 Å². The second-order valence-corrected chi connectivity index (χ2v) is 4.04. The molecule has 0 saturated carbocycles. The van der Waals surface area contributed by atoms with Crippen LogP contribution in [-0.4, -0.2) is 14.5 Å². The van der Waals surface area contributed by atoms with Crippen molar-refractivity contribution in [3.8, 4) is 0 Å². The summed E-state index contributed by atoms with van der Waals surface area (Å²) in [6.45, 7) is 0.599. The lowest BCUT2D eigenvalue weighted by Gasteiger charge is -2.06. The molecule has 6 heteroatoms. The quantitative estimate of drug-likeness (QED) is 0.919. The van der Waals surface area contributed by atoms with Crippen molar-refractivity contribution in [3.05, 3.63) is 40.5 Å². The average Bonchev–Trinajstić information content (AvgIpc) is 2.56. The van der Waals surface area contributed by atoms with Gasteiger partial charge in [0.2, 0.25) is 0 Å². The molecule has 2 rings (SSSR count). The fraction of sp³-hybridized carbons (Fsp3) is 0.200. The molecule has 0 unspecified atom stereocenters. The van der Waals surface area contributed by atoms with Gasteiger partial charge in [0.05, 0.1) is 17.8 Å². The zero-order valence-corrected chi connectivity index (χ0v) is 10.1. The molecule has 16 heavy (non-hydrogen) atoms. The Hall–Kier alpha value is -1.26. The first-order valence-electron chi connectivity index (χ1n) is 4.68. The Labute approximate surface area is 103 Å². The van der Waals surface area contributed by atoms with Crippen LogP contribution in [0, 0.1) is 0 Å². The third-order valence-corrected chi connectivity index (χ3v) is 3.07. The number of halogens is 2. The van der Waals surface area contributed by atoms with Gasteiger partial charge in [-0.3, -0.25) is 4.98 Å². The molecule has 0 aliphatic rings. The molecule has 0 spiro atoms. The van der Waals surface area contributed by atoms with E-state index in [9.17, 15) is 0 Å². The number of hydrogen-bond acceptors (Lipinski definition) is 3. The van der Waals surface area contributed by atoms with E-state index < -0.39 is 0 Å². The van der Waals surface area contributed by atoms with Crippen LogP contribution >= 0.6 is 23.2 Å². The maximum Gasteiger partial charge on any atom is 0.144 e. The van der Waals surface area contributed by atoms with Crippen LogP contribution in [0.2, 0.25) is 10.2 Å². The third-order valence-electron chi connectivity index (χ3n) is 2.23. The Morgan fingerprint density at radius 2 is 2.19 bits per heavy atom. The summed E-state index contributed by atoms with van der Waals surface area (Å²) < 4.78 is 1.83. The van der Waals surface area contributed by atoms with Crippen LogP contribution in [0.4, 0.5) is 5.82 Å². The van der Waals surface area contributed by atoms with E-state index in [4.69, 9.17) is 23.2 Å². The Bertz CT molecular complexity index is 481. The summed E-state index contributed by atoms with van der Waals surface area (Å²) >= 11 is 11.9. The number of hydrogen-bond donors (Lipinski definition) is 1. The first-order chi connectivity index (χ1) is 7.68. The van der Waals surface area contributed by atoms with Gasteiger partial charge in [0.25, 0.3) is 0 Å². The minimum Gasteiger partial charge on any atom is -0.363 e. The number of anilines is 1. The minimum absolute atomic E-state index is 0.539. The number of rotatable bonds is 3. The molecule has 2 aromatic heterocycles. The van der Waals surface area contributed by atoms with Gasteiger partial charge in [-0.2, -0.15) is 0 Å². The van der Waals surface area contributed by atoms with Crippen LogP contribution < -0.4 is 5.32 Å². The number of nitrogens with one attached hydrogen (secondary N) is 1. The highest BCUT2D eigenvalue weighted by Gasteiger charge is 2.08. The molecule has 0 atom stereocenters. The van der Waals surface area contributed by atoms with Gasteiger partial charge in [-0.25, -0.2) is 4.98 Å². The van der Waals surface area contributed by atoms with Gasteiger partial charge in [-0.1, -0.05) is 23.2 Å². The van der Waals surface area contributed by atoms with E-state index in [0.29, 0.717) is 16.7 Å². The van der Waals surface area contributed by atoms with Gasteiger partial charge < -0.3 is 9.88 Å². The lowest BCUT2D eigenvalue weighted by Crippen LogP contribution is -2.05. The molecule has 0 aromatic carbocycles. The van der Waals surface area contributed by atoms with Crippen molar-refractivity contribution in [2.75, 3.05) is 5.32 Å². The Balaban J connectivity index is 2.08. The van der Waals surface area contributed by atoms with E-state index in [1.807, 2.05) is 17.7 Å². The molecule has 0 aliphatic heterocycles. The monoisotopic (exact) mass is 256 g/mol. The van der Waals surface area contributed by atoms with E-state index in [-0.39, 0.29) is 0 Å². The van der Waals surface area contributed by atoms with Gasteiger partial charge >= 0.3 is 0 Å². The zero-order valence-electron chi connectivity index (χ0n) is 8.61. The van der Waals surface area contributed by atoms with E-state index in [0.717, 1.165) is 11.5 Å². The first-order valence-corrected chi connectivity index (χ1v) is 5.43. The fourth-order valence-electron chi connectivity index (χ4n) is 1.33. The highest BCUT2D eigenvalue weighted by molar-refractivity contribution is 6.41. The van der Waals surface area contributed by atoms with Crippen molar-refractivity contribution in [1.29, 1.82) is 0 Å². The second kappa shape index (κ2) is 4.72. The lowest BCUT2D eigenvalue weighted by atomic mass is 10.4. The predicted octanol–water partition coefficient (Wildman–Crippen LogP) is 2.73. The second-order valence-electron chi connectivity index (χ2n) is 3.28. The number of nitrogens with zero attached hydrogens (tertiary/aromatic N) is 3. The van der Waals surface area contributed by atoms with Crippen molar-refractivity contribution in [3.63, 3.8) is 0 Å². The highest BCUT2D eigenvalue weighted by Crippen LogP contribution is 2.25. The summed E-state index contributed by atoms with van der Waals surface area (Å²) in [5, 5.41) is 4.23. The van der Waals surface area contributed by atoms with Crippen molar-refractivity contribution < 1.29 is 0 Å². The molecule has 0 amide bonds. The molecule has 2 heterocycles. The van der Waals surface area contributed by atoms with Crippen LogP contribution in [-0.2, 0) is 13.6 Å². The topological polar surface area (TPSA) is 42.7 Å².